The van der Waals surface area contributed by atoms with Crippen LogP contribution in [0.15, 0.2) is 53.1 Å². The molecular weight excluding hydrogens is 292 g/mol. The highest BCUT2D eigenvalue weighted by Gasteiger charge is 2.35. The third kappa shape index (κ3) is 3.62. The Labute approximate surface area is 135 Å². The molecule has 0 N–H and O–H groups in total. The Morgan fingerprint density at radius 2 is 2.04 bits per heavy atom. The zero-order chi connectivity index (χ0) is 16.2. The number of hydrogen-bond acceptors (Lipinski definition) is 3. The average molecular weight is 312 g/mol. The smallest absolute Gasteiger partial charge is 0.228 e. The summed E-state index contributed by atoms with van der Waals surface area (Å²) >= 11 is 0. The molecule has 1 aromatic heterocycles. The Kier molecular flexibility index (Phi) is 4.46. The van der Waals surface area contributed by atoms with E-state index in [0.717, 1.165) is 11.3 Å². The highest BCUT2D eigenvalue weighted by atomic mass is 16.3. The second kappa shape index (κ2) is 6.69. The van der Waals surface area contributed by atoms with Gasteiger partial charge in [0.2, 0.25) is 11.8 Å². The summed E-state index contributed by atoms with van der Waals surface area (Å²) in [4.78, 5) is 28.1. The summed E-state index contributed by atoms with van der Waals surface area (Å²) in [6, 6.07) is 13.5. The molecular formula is C18H20N2O3. The molecule has 0 unspecified atom stereocenters. The fourth-order valence-corrected chi connectivity index (χ4v) is 2.93. The molecule has 0 saturated carbocycles. The molecule has 1 aliphatic heterocycles. The van der Waals surface area contributed by atoms with E-state index in [1.54, 1.807) is 29.2 Å². The summed E-state index contributed by atoms with van der Waals surface area (Å²) in [7, 11) is 1.79. The van der Waals surface area contributed by atoms with Crippen LogP contribution in [-0.4, -0.2) is 35.2 Å². The maximum atomic E-state index is 12.6. The second-order valence-corrected chi connectivity index (χ2v) is 5.93. The van der Waals surface area contributed by atoms with Crippen molar-refractivity contribution in [2.45, 2.75) is 19.5 Å². The van der Waals surface area contributed by atoms with Crippen LogP contribution in [0, 0.1) is 5.92 Å². The van der Waals surface area contributed by atoms with Gasteiger partial charge in [0, 0.05) is 26.6 Å². The van der Waals surface area contributed by atoms with E-state index in [9.17, 15) is 9.59 Å². The lowest BCUT2D eigenvalue weighted by Crippen LogP contribution is -2.34. The van der Waals surface area contributed by atoms with Crippen LogP contribution in [0.4, 0.5) is 0 Å². The first-order valence-corrected chi connectivity index (χ1v) is 7.72. The van der Waals surface area contributed by atoms with Crippen molar-refractivity contribution in [3.05, 3.63) is 60.1 Å². The van der Waals surface area contributed by atoms with E-state index in [1.807, 2.05) is 36.4 Å². The fourth-order valence-electron chi connectivity index (χ4n) is 2.93. The van der Waals surface area contributed by atoms with E-state index in [4.69, 9.17) is 4.42 Å². The number of carbonyl (C=O) groups excluding carboxylic acids is 2. The summed E-state index contributed by atoms with van der Waals surface area (Å²) in [6.07, 6.45) is 1.87. The minimum atomic E-state index is -0.272. The first-order valence-electron chi connectivity index (χ1n) is 7.72. The Morgan fingerprint density at radius 1 is 1.26 bits per heavy atom. The van der Waals surface area contributed by atoms with E-state index in [0.29, 0.717) is 19.6 Å². The van der Waals surface area contributed by atoms with Crippen molar-refractivity contribution in [1.29, 1.82) is 0 Å². The van der Waals surface area contributed by atoms with Gasteiger partial charge in [-0.25, -0.2) is 0 Å². The quantitative estimate of drug-likeness (QED) is 0.851. The van der Waals surface area contributed by atoms with Gasteiger partial charge in [-0.05, 0) is 17.7 Å². The van der Waals surface area contributed by atoms with Crippen LogP contribution < -0.4 is 0 Å². The number of rotatable bonds is 5. The van der Waals surface area contributed by atoms with Crippen LogP contribution in [0.3, 0.4) is 0 Å². The molecule has 1 aliphatic rings. The topological polar surface area (TPSA) is 53.8 Å². The van der Waals surface area contributed by atoms with Crippen molar-refractivity contribution in [3.8, 4) is 0 Å². The normalized spacial score (nSPS) is 17.5. The van der Waals surface area contributed by atoms with Crippen molar-refractivity contribution in [1.82, 2.24) is 9.80 Å². The molecule has 3 rings (SSSR count). The number of hydrogen-bond donors (Lipinski definition) is 0. The maximum Gasteiger partial charge on any atom is 0.228 e. The van der Waals surface area contributed by atoms with Gasteiger partial charge >= 0.3 is 0 Å². The maximum absolute atomic E-state index is 12.6. The first kappa shape index (κ1) is 15.3. The Hall–Kier alpha value is -2.56. The molecule has 0 bridgehead atoms. The van der Waals surface area contributed by atoms with Gasteiger partial charge in [-0.1, -0.05) is 30.3 Å². The van der Waals surface area contributed by atoms with Gasteiger partial charge in [0.15, 0.2) is 0 Å². The van der Waals surface area contributed by atoms with Crippen LogP contribution in [-0.2, 0) is 22.7 Å². The van der Waals surface area contributed by atoms with Gasteiger partial charge in [-0.15, -0.1) is 0 Å². The lowest BCUT2D eigenvalue weighted by atomic mass is 10.1. The predicted molar refractivity (Wildman–Crippen MR) is 85.1 cm³/mol. The first-order chi connectivity index (χ1) is 11.1. The van der Waals surface area contributed by atoms with E-state index < -0.39 is 0 Å². The van der Waals surface area contributed by atoms with Crippen LogP contribution in [0.5, 0.6) is 0 Å². The Balaban J connectivity index is 1.58. The van der Waals surface area contributed by atoms with Crippen LogP contribution in [0.1, 0.15) is 17.7 Å². The number of furan rings is 1. The highest BCUT2D eigenvalue weighted by Crippen LogP contribution is 2.22. The van der Waals surface area contributed by atoms with Crippen LogP contribution in [0.2, 0.25) is 0 Å². The molecule has 1 aromatic carbocycles. The molecule has 1 saturated heterocycles. The van der Waals surface area contributed by atoms with Crippen molar-refractivity contribution >= 4 is 11.8 Å². The zero-order valence-electron chi connectivity index (χ0n) is 13.1. The molecule has 0 radical (unpaired) electrons. The van der Waals surface area contributed by atoms with Gasteiger partial charge < -0.3 is 14.2 Å². The lowest BCUT2D eigenvalue weighted by molar-refractivity contribution is -0.135. The number of carbonyl (C=O) groups is 2. The molecule has 5 heteroatoms. The van der Waals surface area contributed by atoms with E-state index in [1.165, 1.54) is 0 Å². The van der Waals surface area contributed by atoms with E-state index in [2.05, 4.69) is 0 Å². The summed E-state index contributed by atoms with van der Waals surface area (Å²) in [6.45, 7) is 1.44. The molecule has 0 aliphatic carbocycles. The second-order valence-electron chi connectivity index (χ2n) is 5.93. The van der Waals surface area contributed by atoms with Crippen LogP contribution >= 0.6 is 0 Å². The molecule has 2 aromatic rings. The van der Waals surface area contributed by atoms with E-state index >= 15 is 0 Å². The lowest BCUT2D eigenvalue weighted by Gasteiger charge is -2.21. The molecule has 1 fully saturated rings. The number of amides is 2. The van der Waals surface area contributed by atoms with Crippen molar-refractivity contribution < 1.29 is 14.0 Å². The van der Waals surface area contributed by atoms with Gasteiger partial charge in [-0.2, -0.15) is 0 Å². The highest BCUT2D eigenvalue weighted by molar-refractivity contribution is 5.89. The third-order valence-corrected chi connectivity index (χ3v) is 4.13. The van der Waals surface area contributed by atoms with Gasteiger partial charge in [0.1, 0.15) is 5.76 Å². The Bertz CT molecular complexity index is 667. The minimum absolute atomic E-state index is 0.00728. The molecule has 120 valence electrons. The Morgan fingerprint density at radius 3 is 2.74 bits per heavy atom. The van der Waals surface area contributed by atoms with Gasteiger partial charge in [0.05, 0.1) is 18.7 Å². The molecule has 5 nitrogen and oxygen atoms in total. The van der Waals surface area contributed by atoms with Crippen molar-refractivity contribution in [2.24, 2.45) is 5.92 Å². The van der Waals surface area contributed by atoms with Gasteiger partial charge in [0.25, 0.3) is 0 Å². The summed E-state index contributed by atoms with van der Waals surface area (Å²) < 4.78 is 5.28. The van der Waals surface area contributed by atoms with Gasteiger partial charge in [-0.3, -0.25) is 9.59 Å². The average Bonchev–Trinajstić information content (AvgIpc) is 3.18. The molecule has 1 atom stereocenters. The van der Waals surface area contributed by atoms with Crippen LogP contribution in [0.25, 0.3) is 0 Å². The summed E-state index contributed by atoms with van der Waals surface area (Å²) in [5.41, 5.74) is 1.08. The fraction of sp³-hybridized carbons (Fsp3) is 0.333. The van der Waals surface area contributed by atoms with E-state index in [-0.39, 0.29) is 24.2 Å². The minimum Gasteiger partial charge on any atom is -0.467 e. The molecule has 0 spiro atoms. The van der Waals surface area contributed by atoms with Crippen molar-refractivity contribution in [3.63, 3.8) is 0 Å². The predicted octanol–water partition coefficient (Wildman–Crippen LogP) is 2.29. The zero-order valence-corrected chi connectivity index (χ0v) is 13.1. The standard InChI is InChI=1S/C18H20N2O3/c1-19(11-14-6-3-2-4-7-14)18(22)15-10-17(21)20(12-15)13-16-8-5-9-23-16/h2-9,15H,10-13H2,1H3/t15-/m1/s1. The number of benzene rings is 1. The summed E-state index contributed by atoms with van der Waals surface area (Å²) in [5.74, 6) is 0.493. The number of likely N-dealkylation sites (tertiary alicyclic amines) is 1. The summed E-state index contributed by atoms with van der Waals surface area (Å²) in [5, 5.41) is 0. The van der Waals surface area contributed by atoms with Crippen molar-refractivity contribution in [2.75, 3.05) is 13.6 Å². The molecule has 2 amide bonds. The largest absolute Gasteiger partial charge is 0.467 e. The number of nitrogens with zero attached hydrogens (tertiary/aromatic N) is 2. The third-order valence-electron chi connectivity index (χ3n) is 4.13. The molecule has 23 heavy (non-hydrogen) atoms. The monoisotopic (exact) mass is 312 g/mol. The SMILES string of the molecule is CN(Cc1ccccc1)C(=O)[C@@H]1CC(=O)N(Cc2ccco2)C1. The molecule has 2 heterocycles.